The van der Waals surface area contributed by atoms with Crippen molar-refractivity contribution < 1.29 is 9.47 Å². The van der Waals surface area contributed by atoms with Gasteiger partial charge < -0.3 is 0 Å². The van der Waals surface area contributed by atoms with Gasteiger partial charge in [-0.2, -0.15) is 0 Å². The van der Waals surface area contributed by atoms with E-state index in [1.54, 1.807) is 0 Å². The van der Waals surface area contributed by atoms with Gasteiger partial charge in [0.15, 0.2) is 0 Å². The molecule has 102 heavy (non-hydrogen) atoms. The summed E-state index contributed by atoms with van der Waals surface area (Å²) in [5, 5.41) is 3.96. The molecule has 0 unspecified atom stereocenters. The Kier molecular flexibility index (Phi) is 22.4. The predicted molar refractivity (Wildman–Crippen MR) is 450 cm³/mol. The first-order valence-electron chi connectivity index (χ1n) is 35.4. The summed E-state index contributed by atoms with van der Waals surface area (Å²) in [6.07, 6.45) is 0. The third-order valence-electron chi connectivity index (χ3n) is 19.9. The zero-order valence-electron chi connectivity index (χ0n) is 61.3. The first-order valence-corrected chi connectivity index (χ1v) is 45.2. The monoisotopic (exact) mass is 1540 g/mol. The van der Waals surface area contributed by atoms with Crippen molar-refractivity contribution in [3.05, 3.63) is 336 Å². The second kappa shape index (κ2) is 30.2. The van der Waals surface area contributed by atoms with E-state index in [0.29, 0.717) is 0 Å². The average molecular weight is 1550 g/mol. The summed E-state index contributed by atoms with van der Waals surface area (Å²) in [6, 6.07) is 109. The standard InChI is InChI=1S/C47H48As2O.C47H48AsOP.2CH4/c1-45(2,3)33-29-39-43(41(31-33)48(35-21-13-9-14-22-35)36-23-15-10-16-24-36)50-44-40(47(39,7)8)30-34(46(4,5)6)32-42(44)49(37-25-17-11-18-26-37)38-27-19-12-20-28-38;1-45(2,3)33-29-39-43(41(31-33)48(35-21-13-9-14-22-35)36-23-15-10-16-24-36)49-44-40(47(39,7)8)30-34(46(4,5)6)32-42(44)50(37-25-17-11-18-26-37)38-27-19-12-20-28-38;;/h2*9-32H,1-8H3;2*1H4. The summed E-state index contributed by atoms with van der Waals surface area (Å²) in [5.74, 6) is 4.24. The van der Waals surface area contributed by atoms with Crippen LogP contribution in [0, 0.1) is 0 Å². The van der Waals surface area contributed by atoms with Gasteiger partial charge in [-0.1, -0.05) is 14.9 Å². The van der Waals surface area contributed by atoms with Gasteiger partial charge in [0.05, 0.1) is 0 Å². The van der Waals surface area contributed by atoms with Gasteiger partial charge >= 0.3 is 618 Å². The van der Waals surface area contributed by atoms with E-state index in [1.807, 2.05) is 0 Å². The predicted octanol–water partition coefficient (Wildman–Crippen LogP) is 18.0. The second-order valence-corrected chi connectivity index (χ2v) is 47.9. The fourth-order valence-electron chi connectivity index (χ4n) is 14.0. The van der Waals surface area contributed by atoms with Crippen molar-refractivity contribution in [2.24, 2.45) is 0 Å². The van der Waals surface area contributed by atoms with Crippen LogP contribution in [0.4, 0.5) is 0 Å². The van der Waals surface area contributed by atoms with Crippen LogP contribution in [0.3, 0.4) is 0 Å². The second-order valence-electron chi connectivity index (χ2n) is 32.0. The maximum absolute atomic E-state index is 7.63. The summed E-state index contributed by atoms with van der Waals surface area (Å²) in [7, 11) is -0.905. The quantitative estimate of drug-likeness (QED) is 0.0897. The molecule has 0 bridgehead atoms. The molecule has 2 nitrogen and oxygen atoms in total. The van der Waals surface area contributed by atoms with E-state index in [-0.39, 0.29) is 47.3 Å². The molecule has 0 aromatic heterocycles. The van der Waals surface area contributed by atoms with E-state index in [4.69, 9.17) is 9.47 Å². The van der Waals surface area contributed by atoms with Crippen LogP contribution in [0.1, 0.15) is 170 Å². The van der Waals surface area contributed by atoms with Gasteiger partial charge in [0.1, 0.15) is 0 Å². The van der Waals surface area contributed by atoms with Crippen LogP contribution < -0.4 is 64.5 Å². The molecule has 520 valence electrons. The average Bonchev–Trinajstić information content (AvgIpc) is 0.718. The molecule has 0 amide bonds. The number of hydrogen-bond donors (Lipinski definition) is 0. The number of rotatable bonds is 12. The number of ether oxygens (including phenoxy) is 2. The molecular formula is C96H104As3O2P. The Morgan fingerprint density at radius 3 is 0.676 bits per heavy atom. The Morgan fingerprint density at radius 1 is 0.255 bits per heavy atom. The molecule has 2 heterocycles. The fraction of sp³-hybridized carbons (Fsp3) is 0.250. The van der Waals surface area contributed by atoms with Crippen molar-refractivity contribution in [2.75, 3.05) is 0 Å². The van der Waals surface area contributed by atoms with Crippen molar-refractivity contribution in [1.29, 1.82) is 0 Å². The molecule has 0 atom stereocenters. The molecule has 14 rings (SSSR count). The van der Waals surface area contributed by atoms with E-state index >= 15 is 0 Å². The molecule has 0 fully saturated rings. The van der Waals surface area contributed by atoms with Crippen LogP contribution in [0.2, 0.25) is 0 Å². The minimum atomic E-state index is -2.06. The van der Waals surface area contributed by atoms with Crippen molar-refractivity contribution in [2.45, 2.75) is 158 Å². The summed E-state index contributed by atoms with van der Waals surface area (Å²) >= 11 is -6.17. The normalized spacial score (nSPS) is 13.6. The minimum absolute atomic E-state index is 0. The van der Waals surface area contributed by atoms with E-state index in [1.165, 1.54) is 99.6 Å². The van der Waals surface area contributed by atoms with Gasteiger partial charge in [-0.05, 0) is 0 Å². The molecule has 0 aliphatic carbocycles. The molecular weight excluding hydrogens is 1440 g/mol. The van der Waals surface area contributed by atoms with Crippen LogP contribution in [0.5, 0.6) is 23.0 Å². The summed E-state index contributed by atoms with van der Waals surface area (Å²) < 4.78 is 27.8. The first kappa shape index (κ1) is 75.5. The SMILES string of the molecule is C.C.CC(C)(C)c1cc(P(c2ccccc2)c2ccccc2)c2c(c1)C(C)(C)c1cc(C(C)(C)C)cc([As](c3ccccc3)c3ccccc3)c1O2.CC(C)(C)c1cc([As](c2ccccc2)c2ccccc2)c2c(c1)C(C)(C)c1cc(C(C)(C)C)cc([As](c3ccccc3)c3ccccc3)c1O2. The van der Waals surface area contributed by atoms with Crippen LogP contribution in [0.25, 0.3) is 0 Å². The summed E-state index contributed by atoms with van der Waals surface area (Å²) in [6.45, 7) is 37.8. The van der Waals surface area contributed by atoms with E-state index in [9.17, 15) is 0 Å². The molecule has 6 heteroatoms. The Labute approximate surface area is 628 Å². The van der Waals surface area contributed by atoms with Crippen LogP contribution in [-0.2, 0) is 32.5 Å². The van der Waals surface area contributed by atoms with Crippen molar-refractivity contribution >= 4 is 107 Å². The van der Waals surface area contributed by atoms with Crippen molar-refractivity contribution in [3.63, 3.8) is 0 Å². The Bertz CT molecular complexity index is 4060. The maximum atomic E-state index is 7.63. The molecule has 0 saturated carbocycles. The van der Waals surface area contributed by atoms with E-state index < -0.39 is 51.9 Å². The van der Waals surface area contributed by atoms with Crippen LogP contribution in [0.15, 0.2) is 291 Å². The topological polar surface area (TPSA) is 18.5 Å². The van der Waals surface area contributed by atoms with Gasteiger partial charge in [0, 0.05) is 0 Å². The van der Waals surface area contributed by atoms with Gasteiger partial charge in [-0.15, -0.1) is 0 Å². The summed E-state index contributed by atoms with van der Waals surface area (Å²) in [5.41, 5.74) is 9.93. The number of hydrogen-bond acceptors (Lipinski definition) is 2. The third-order valence-corrected chi connectivity index (χ3v) is 37.7. The van der Waals surface area contributed by atoms with Gasteiger partial charge in [-0.3, -0.25) is 0 Å². The van der Waals surface area contributed by atoms with Gasteiger partial charge in [0.2, 0.25) is 0 Å². The molecule has 12 aromatic rings. The van der Waals surface area contributed by atoms with E-state index in [0.717, 1.165) is 23.0 Å². The first-order chi connectivity index (χ1) is 47.7. The fourth-order valence-corrected chi connectivity index (χ4v) is 31.7. The zero-order chi connectivity index (χ0) is 70.5. The summed E-state index contributed by atoms with van der Waals surface area (Å²) in [4.78, 5) is 0. The molecule has 0 N–H and O–H groups in total. The van der Waals surface area contributed by atoms with Crippen LogP contribution >= 0.6 is 7.92 Å². The van der Waals surface area contributed by atoms with Gasteiger partial charge in [0.25, 0.3) is 0 Å². The molecule has 0 spiro atoms. The number of fused-ring (bicyclic) bond motifs is 4. The Hall–Kier alpha value is -7.65. The molecule has 2 aliphatic heterocycles. The molecule has 2 aliphatic rings. The molecule has 12 aromatic carbocycles. The Morgan fingerprint density at radius 2 is 0.451 bits per heavy atom. The van der Waals surface area contributed by atoms with Gasteiger partial charge in [-0.25, -0.2) is 0 Å². The third kappa shape index (κ3) is 15.3. The zero-order valence-corrected chi connectivity index (χ0v) is 67.8. The number of benzene rings is 12. The molecule has 0 radical (unpaired) electrons. The Balaban J connectivity index is 0.000000201. The van der Waals surface area contributed by atoms with E-state index in [2.05, 4.69) is 402 Å². The van der Waals surface area contributed by atoms with Crippen molar-refractivity contribution in [3.8, 4) is 23.0 Å². The van der Waals surface area contributed by atoms with Crippen molar-refractivity contribution in [1.82, 2.24) is 0 Å². The van der Waals surface area contributed by atoms with Crippen LogP contribution in [-0.4, -0.2) is 44.0 Å². The molecule has 0 saturated heterocycles.